The van der Waals surface area contributed by atoms with Gasteiger partial charge >= 0.3 is 0 Å². The SMILES string of the molecule is Cc1ccc(-c2nnc(SCC(=O)NN=Cc3ccc(Cl)cc3Cl)n2C2CCCCC2)cc1. The van der Waals surface area contributed by atoms with E-state index >= 15 is 0 Å². The highest BCUT2D eigenvalue weighted by Crippen LogP contribution is 2.35. The molecular weight excluding hydrogens is 477 g/mol. The Morgan fingerprint density at radius 1 is 1.15 bits per heavy atom. The Balaban J connectivity index is 1.45. The average Bonchev–Trinajstić information content (AvgIpc) is 3.24. The van der Waals surface area contributed by atoms with Gasteiger partial charge in [-0.15, -0.1) is 10.2 Å². The van der Waals surface area contributed by atoms with Gasteiger partial charge in [0.1, 0.15) is 0 Å². The highest BCUT2D eigenvalue weighted by molar-refractivity contribution is 7.99. The van der Waals surface area contributed by atoms with Crippen molar-refractivity contribution in [1.29, 1.82) is 0 Å². The van der Waals surface area contributed by atoms with Crippen LogP contribution in [0.2, 0.25) is 10.0 Å². The minimum atomic E-state index is -0.226. The molecule has 3 aromatic rings. The van der Waals surface area contributed by atoms with Crippen LogP contribution in [0.5, 0.6) is 0 Å². The van der Waals surface area contributed by atoms with Crippen LogP contribution in [0, 0.1) is 6.92 Å². The molecule has 4 rings (SSSR count). The fourth-order valence-electron chi connectivity index (χ4n) is 3.89. The number of carbonyl (C=O) groups excluding carboxylic acids is 1. The normalized spacial score (nSPS) is 14.6. The number of nitrogens with one attached hydrogen (secondary N) is 1. The number of hydrazone groups is 1. The second-order valence-corrected chi connectivity index (χ2v) is 9.87. The molecule has 1 aliphatic rings. The van der Waals surface area contributed by atoms with E-state index in [2.05, 4.69) is 56.5 Å². The van der Waals surface area contributed by atoms with Crippen LogP contribution in [0.15, 0.2) is 52.7 Å². The van der Waals surface area contributed by atoms with Gasteiger partial charge in [-0.25, -0.2) is 5.43 Å². The summed E-state index contributed by atoms with van der Waals surface area (Å²) in [7, 11) is 0. The van der Waals surface area contributed by atoms with E-state index in [0.29, 0.717) is 21.7 Å². The molecule has 1 saturated carbocycles. The predicted molar refractivity (Wildman–Crippen MR) is 135 cm³/mol. The molecule has 1 fully saturated rings. The van der Waals surface area contributed by atoms with Crippen LogP contribution in [-0.4, -0.2) is 32.6 Å². The predicted octanol–water partition coefficient (Wildman–Crippen LogP) is 6.31. The van der Waals surface area contributed by atoms with Crippen LogP contribution < -0.4 is 5.43 Å². The van der Waals surface area contributed by atoms with E-state index in [1.165, 1.54) is 42.8 Å². The monoisotopic (exact) mass is 501 g/mol. The summed E-state index contributed by atoms with van der Waals surface area (Å²) in [5.41, 5.74) is 5.47. The zero-order valence-corrected chi connectivity index (χ0v) is 20.6. The Morgan fingerprint density at radius 3 is 2.64 bits per heavy atom. The highest BCUT2D eigenvalue weighted by Gasteiger charge is 2.24. The number of hydrogen-bond acceptors (Lipinski definition) is 5. The van der Waals surface area contributed by atoms with Crippen LogP contribution in [-0.2, 0) is 4.79 Å². The van der Waals surface area contributed by atoms with Gasteiger partial charge in [-0.2, -0.15) is 5.10 Å². The smallest absolute Gasteiger partial charge is 0.250 e. The molecule has 1 N–H and O–H groups in total. The van der Waals surface area contributed by atoms with E-state index in [9.17, 15) is 4.79 Å². The molecule has 1 aromatic heterocycles. The Labute approximate surface area is 207 Å². The number of halogens is 2. The molecule has 0 radical (unpaired) electrons. The standard InChI is InChI=1S/C24H25Cl2N5OS/c1-16-7-9-17(10-8-16)23-29-30-24(31(23)20-5-3-2-4-6-20)33-15-22(32)28-27-14-18-11-12-19(25)13-21(18)26/h7-14,20H,2-6,15H2,1H3,(H,28,32). The maximum Gasteiger partial charge on any atom is 0.250 e. The maximum atomic E-state index is 12.4. The molecule has 6 nitrogen and oxygen atoms in total. The van der Waals surface area contributed by atoms with Crippen molar-refractivity contribution < 1.29 is 4.79 Å². The minimum Gasteiger partial charge on any atom is -0.299 e. The Morgan fingerprint density at radius 2 is 1.91 bits per heavy atom. The van der Waals surface area contributed by atoms with Crippen molar-refractivity contribution in [3.63, 3.8) is 0 Å². The number of benzene rings is 2. The summed E-state index contributed by atoms with van der Waals surface area (Å²) in [5, 5.41) is 14.7. The Kier molecular flexibility index (Phi) is 8.06. The lowest BCUT2D eigenvalue weighted by Crippen LogP contribution is -2.20. The third-order valence-electron chi connectivity index (χ3n) is 5.60. The average molecular weight is 502 g/mol. The van der Waals surface area contributed by atoms with Crippen LogP contribution in [0.3, 0.4) is 0 Å². The molecule has 1 aliphatic carbocycles. The molecule has 1 amide bonds. The van der Waals surface area contributed by atoms with Crippen molar-refractivity contribution in [1.82, 2.24) is 20.2 Å². The molecular formula is C24H25Cl2N5OS. The van der Waals surface area contributed by atoms with Gasteiger partial charge in [0.25, 0.3) is 5.91 Å². The molecule has 0 saturated heterocycles. The first-order chi connectivity index (χ1) is 16.0. The highest BCUT2D eigenvalue weighted by atomic mass is 35.5. The number of hydrogen-bond donors (Lipinski definition) is 1. The van der Waals surface area contributed by atoms with Gasteiger partial charge in [0.05, 0.1) is 17.0 Å². The Hall–Kier alpha value is -2.35. The fourth-order valence-corrected chi connectivity index (χ4v) is 5.14. The summed E-state index contributed by atoms with van der Waals surface area (Å²) in [6.07, 6.45) is 7.36. The van der Waals surface area contributed by atoms with E-state index in [-0.39, 0.29) is 11.7 Å². The van der Waals surface area contributed by atoms with Crippen LogP contribution in [0.25, 0.3) is 11.4 Å². The topological polar surface area (TPSA) is 72.2 Å². The molecule has 0 bridgehead atoms. The van der Waals surface area contributed by atoms with Gasteiger partial charge in [0.15, 0.2) is 11.0 Å². The van der Waals surface area contributed by atoms with Crippen LogP contribution in [0.4, 0.5) is 0 Å². The van der Waals surface area contributed by atoms with Crippen molar-refractivity contribution >= 4 is 47.1 Å². The fraction of sp³-hybridized carbons (Fsp3) is 0.333. The number of nitrogens with zero attached hydrogens (tertiary/aromatic N) is 4. The second-order valence-electron chi connectivity index (χ2n) is 8.08. The third-order valence-corrected chi connectivity index (χ3v) is 7.11. The number of carbonyl (C=O) groups is 1. The lowest BCUT2D eigenvalue weighted by molar-refractivity contribution is -0.118. The summed E-state index contributed by atoms with van der Waals surface area (Å²) >= 11 is 13.4. The quantitative estimate of drug-likeness (QED) is 0.234. The summed E-state index contributed by atoms with van der Waals surface area (Å²) in [6, 6.07) is 13.8. The molecule has 1 heterocycles. The van der Waals surface area contributed by atoms with E-state index in [1.807, 2.05) is 0 Å². The summed E-state index contributed by atoms with van der Waals surface area (Å²) in [5.74, 6) is 0.821. The first-order valence-electron chi connectivity index (χ1n) is 10.9. The third kappa shape index (κ3) is 6.16. The zero-order valence-electron chi connectivity index (χ0n) is 18.3. The summed E-state index contributed by atoms with van der Waals surface area (Å²) < 4.78 is 2.22. The van der Waals surface area contributed by atoms with Gasteiger partial charge in [-0.1, -0.05) is 90.1 Å². The van der Waals surface area contributed by atoms with Gasteiger partial charge in [0.2, 0.25) is 0 Å². The molecule has 0 unspecified atom stereocenters. The van der Waals surface area contributed by atoms with Crippen molar-refractivity contribution in [3.8, 4) is 11.4 Å². The maximum absolute atomic E-state index is 12.4. The Bertz CT molecular complexity index is 1140. The largest absolute Gasteiger partial charge is 0.299 e. The van der Waals surface area contributed by atoms with Crippen molar-refractivity contribution in [2.45, 2.75) is 50.2 Å². The number of amides is 1. The minimum absolute atomic E-state index is 0.185. The molecule has 9 heteroatoms. The molecule has 2 aromatic carbocycles. The first kappa shape index (κ1) is 23.8. The van der Waals surface area contributed by atoms with Gasteiger partial charge < -0.3 is 0 Å². The van der Waals surface area contributed by atoms with Crippen molar-refractivity contribution in [2.75, 3.05) is 5.75 Å². The zero-order chi connectivity index (χ0) is 23.2. The van der Waals surface area contributed by atoms with Gasteiger partial charge in [-0.3, -0.25) is 9.36 Å². The second kappa shape index (κ2) is 11.2. The van der Waals surface area contributed by atoms with Crippen molar-refractivity contribution in [3.05, 3.63) is 63.6 Å². The van der Waals surface area contributed by atoms with Crippen molar-refractivity contribution in [2.24, 2.45) is 5.10 Å². The number of rotatable bonds is 7. The van der Waals surface area contributed by atoms with E-state index in [0.717, 1.165) is 29.4 Å². The molecule has 0 aliphatic heterocycles. The summed E-state index contributed by atoms with van der Waals surface area (Å²) in [6.45, 7) is 2.07. The van der Waals surface area contributed by atoms with Gasteiger partial charge in [0, 0.05) is 22.2 Å². The number of thioether (sulfide) groups is 1. The lowest BCUT2D eigenvalue weighted by Gasteiger charge is -2.25. The van der Waals surface area contributed by atoms with E-state index < -0.39 is 0 Å². The van der Waals surface area contributed by atoms with E-state index in [4.69, 9.17) is 23.2 Å². The molecule has 0 spiro atoms. The van der Waals surface area contributed by atoms with E-state index in [1.54, 1.807) is 18.2 Å². The lowest BCUT2D eigenvalue weighted by atomic mass is 9.95. The number of aryl methyl sites for hydroxylation is 1. The van der Waals surface area contributed by atoms with Crippen LogP contribution >= 0.6 is 35.0 Å². The van der Waals surface area contributed by atoms with Crippen LogP contribution in [0.1, 0.15) is 49.3 Å². The molecule has 0 atom stereocenters. The van der Waals surface area contributed by atoms with Gasteiger partial charge in [-0.05, 0) is 31.9 Å². The summed E-state index contributed by atoms with van der Waals surface area (Å²) in [4.78, 5) is 12.4. The first-order valence-corrected chi connectivity index (χ1v) is 12.7. The molecule has 172 valence electrons. The number of aromatic nitrogens is 3. The molecule has 33 heavy (non-hydrogen) atoms.